The third-order valence-electron chi connectivity index (χ3n) is 1.74. The second-order valence-corrected chi connectivity index (χ2v) is 3.44. The molecule has 71 valence electrons. The van der Waals surface area contributed by atoms with Crippen LogP contribution in [0, 0.1) is 12.3 Å². The van der Waals surface area contributed by atoms with Crippen LogP contribution in [0.25, 0.3) is 0 Å². The molecule has 0 aromatic carbocycles. The van der Waals surface area contributed by atoms with E-state index in [-0.39, 0.29) is 12.1 Å². The molecule has 0 amide bonds. The van der Waals surface area contributed by atoms with Crippen molar-refractivity contribution in [2.75, 3.05) is 0 Å². The zero-order valence-corrected chi connectivity index (χ0v) is 8.46. The standard InChI is InChI=1S/C10H19O2/c1-5-9(4)6-7-10(11)12-8(2)3/h7-9H,5-6H2,1-4H3. The van der Waals surface area contributed by atoms with Crippen LogP contribution in [0.5, 0.6) is 0 Å². The summed E-state index contributed by atoms with van der Waals surface area (Å²) in [6, 6.07) is 0. The number of ether oxygens (including phenoxy) is 1. The van der Waals surface area contributed by atoms with Gasteiger partial charge in [0.15, 0.2) is 0 Å². The molecule has 1 unspecified atom stereocenters. The molecule has 0 spiro atoms. The molecule has 1 atom stereocenters. The lowest BCUT2D eigenvalue weighted by molar-refractivity contribution is -0.143. The summed E-state index contributed by atoms with van der Waals surface area (Å²) in [6.07, 6.45) is 3.55. The number of rotatable bonds is 5. The molecule has 2 nitrogen and oxygen atoms in total. The van der Waals surface area contributed by atoms with Gasteiger partial charge in [-0.3, -0.25) is 4.79 Å². The fourth-order valence-electron chi connectivity index (χ4n) is 0.744. The zero-order chi connectivity index (χ0) is 9.56. The Morgan fingerprint density at radius 1 is 1.42 bits per heavy atom. The Morgan fingerprint density at radius 2 is 2.00 bits per heavy atom. The van der Waals surface area contributed by atoms with Gasteiger partial charge in [0.1, 0.15) is 0 Å². The SMILES string of the molecule is CCC(C)C[CH]C(=O)OC(C)C. The average Bonchev–Trinajstić information content (AvgIpc) is 1.99. The molecule has 0 aromatic rings. The molecule has 1 radical (unpaired) electrons. The molecule has 2 heteroatoms. The average molecular weight is 171 g/mol. The fourth-order valence-corrected chi connectivity index (χ4v) is 0.744. The van der Waals surface area contributed by atoms with Crippen molar-refractivity contribution in [2.45, 2.75) is 46.6 Å². The van der Waals surface area contributed by atoms with Crippen molar-refractivity contribution in [1.29, 1.82) is 0 Å². The summed E-state index contributed by atoms with van der Waals surface area (Å²) in [5, 5.41) is 0. The minimum atomic E-state index is -0.190. The van der Waals surface area contributed by atoms with Crippen LogP contribution >= 0.6 is 0 Å². The Labute approximate surface area is 75.3 Å². The van der Waals surface area contributed by atoms with Crippen molar-refractivity contribution in [3.05, 3.63) is 6.42 Å². The molecule has 0 aromatic heterocycles. The Balaban J connectivity index is 3.44. The largest absolute Gasteiger partial charge is 0.463 e. The van der Waals surface area contributed by atoms with Crippen LogP contribution in [0.4, 0.5) is 0 Å². The lowest BCUT2D eigenvalue weighted by Crippen LogP contribution is -2.12. The number of hydrogen-bond donors (Lipinski definition) is 0. The predicted molar refractivity (Wildman–Crippen MR) is 49.6 cm³/mol. The van der Waals surface area contributed by atoms with Gasteiger partial charge in [0.05, 0.1) is 12.5 Å². The third-order valence-corrected chi connectivity index (χ3v) is 1.74. The van der Waals surface area contributed by atoms with Gasteiger partial charge < -0.3 is 4.74 Å². The van der Waals surface area contributed by atoms with Crippen LogP contribution in [0.2, 0.25) is 0 Å². The van der Waals surface area contributed by atoms with Gasteiger partial charge in [-0.25, -0.2) is 0 Å². The van der Waals surface area contributed by atoms with Gasteiger partial charge >= 0.3 is 5.97 Å². The minimum Gasteiger partial charge on any atom is -0.463 e. The van der Waals surface area contributed by atoms with Gasteiger partial charge in [0, 0.05) is 0 Å². The van der Waals surface area contributed by atoms with E-state index in [0.717, 1.165) is 12.8 Å². The first kappa shape index (κ1) is 11.5. The van der Waals surface area contributed by atoms with E-state index >= 15 is 0 Å². The number of carbonyl (C=O) groups is 1. The summed E-state index contributed by atoms with van der Waals surface area (Å²) in [6.45, 7) is 7.95. The summed E-state index contributed by atoms with van der Waals surface area (Å²) in [4.78, 5) is 11.0. The Morgan fingerprint density at radius 3 is 2.42 bits per heavy atom. The summed E-state index contributed by atoms with van der Waals surface area (Å²) in [7, 11) is 0. The topological polar surface area (TPSA) is 26.3 Å². The summed E-state index contributed by atoms with van der Waals surface area (Å²) in [5.41, 5.74) is 0. The van der Waals surface area contributed by atoms with Crippen LogP contribution in [-0.4, -0.2) is 12.1 Å². The monoisotopic (exact) mass is 171 g/mol. The van der Waals surface area contributed by atoms with Gasteiger partial charge in [-0.1, -0.05) is 20.3 Å². The van der Waals surface area contributed by atoms with E-state index < -0.39 is 0 Å². The molecule has 0 aliphatic heterocycles. The van der Waals surface area contributed by atoms with Gasteiger partial charge in [0.25, 0.3) is 0 Å². The van der Waals surface area contributed by atoms with E-state index in [4.69, 9.17) is 4.74 Å². The Hall–Kier alpha value is -0.530. The second kappa shape index (κ2) is 6.04. The van der Waals surface area contributed by atoms with Crippen LogP contribution in [0.1, 0.15) is 40.5 Å². The molecule has 0 saturated heterocycles. The Bertz CT molecular complexity index is 130. The summed E-state index contributed by atoms with van der Waals surface area (Å²) in [5.74, 6) is 0.384. The molecular formula is C10H19O2. The molecule has 0 saturated carbocycles. The van der Waals surface area contributed by atoms with Gasteiger partial charge in [-0.05, 0) is 26.2 Å². The van der Waals surface area contributed by atoms with E-state index in [1.807, 2.05) is 13.8 Å². The molecule has 0 aliphatic carbocycles. The minimum absolute atomic E-state index is 0.00863. The maximum absolute atomic E-state index is 11.0. The molecule has 0 N–H and O–H groups in total. The highest BCUT2D eigenvalue weighted by molar-refractivity contribution is 5.78. The second-order valence-electron chi connectivity index (χ2n) is 3.44. The highest BCUT2D eigenvalue weighted by Gasteiger charge is 2.07. The summed E-state index contributed by atoms with van der Waals surface area (Å²) < 4.78 is 4.95. The normalized spacial score (nSPS) is 13.1. The van der Waals surface area contributed by atoms with Crippen molar-refractivity contribution in [3.8, 4) is 0 Å². The molecular weight excluding hydrogens is 152 g/mol. The molecule has 0 rings (SSSR count). The van der Waals surface area contributed by atoms with Crippen LogP contribution < -0.4 is 0 Å². The molecule has 12 heavy (non-hydrogen) atoms. The highest BCUT2D eigenvalue weighted by atomic mass is 16.5. The smallest absolute Gasteiger partial charge is 0.310 e. The Kier molecular flexibility index (Phi) is 5.77. The van der Waals surface area contributed by atoms with E-state index in [1.54, 1.807) is 6.42 Å². The van der Waals surface area contributed by atoms with Gasteiger partial charge in [-0.2, -0.15) is 0 Å². The van der Waals surface area contributed by atoms with Crippen LogP contribution in [-0.2, 0) is 9.53 Å². The maximum Gasteiger partial charge on any atom is 0.310 e. The first-order chi connectivity index (χ1) is 5.56. The molecule has 0 aliphatic rings. The lowest BCUT2D eigenvalue weighted by Gasteiger charge is -2.09. The molecule has 0 fully saturated rings. The van der Waals surface area contributed by atoms with E-state index in [2.05, 4.69) is 13.8 Å². The van der Waals surface area contributed by atoms with Crippen LogP contribution in [0.15, 0.2) is 0 Å². The van der Waals surface area contributed by atoms with E-state index in [9.17, 15) is 4.79 Å². The number of hydrogen-bond acceptors (Lipinski definition) is 2. The predicted octanol–water partition coefficient (Wildman–Crippen LogP) is 2.58. The van der Waals surface area contributed by atoms with Gasteiger partial charge in [-0.15, -0.1) is 0 Å². The molecule has 0 heterocycles. The third kappa shape index (κ3) is 6.20. The lowest BCUT2D eigenvalue weighted by atomic mass is 10.0. The summed E-state index contributed by atoms with van der Waals surface area (Å²) >= 11 is 0. The zero-order valence-electron chi connectivity index (χ0n) is 8.46. The number of esters is 1. The van der Waals surface area contributed by atoms with Crippen molar-refractivity contribution in [3.63, 3.8) is 0 Å². The fraction of sp³-hybridized carbons (Fsp3) is 0.800. The maximum atomic E-state index is 11.0. The number of carbonyl (C=O) groups excluding carboxylic acids is 1. The first-order valence-corrected chi connectivity index (χ1v) is 4.60. The highest BCUT2D eigenvalue weighted by Crippen LogP contribution is 2.09. The molecule has 0 bridgehead atoms. The van der Waals surface area contributed by atoms with Crippen molar-refractivity contribution < 1.29 is 9.53 Å². The van der Waals surface area contributed by atoms with E-state index in [1.165, 1.54) is 0 Å². The van der Waals surface area contributed by atoms with Gasteiger partial charge in [0.2, 0.25) is 0 Å². The van der Waals surface area contributed by atoms with E-state index in [0.29, 0.717) is 5.92 Å². The van der Waals surface area contributed by atoms with Crippen LogP contribution in [0.3, 0.4) is 0 Å². The van der Waals surface area contributed by atoms with Crippen molar-refractivity contribution in [2.24, 2.45) is 5.92 Å². The quantitative estimate of drug-likeness (QED) is 0.594. The van der Waals surface area contributed by atoms with Crippen molar-refractivity contribution >= 4 is 5.97 Å². The van der Waals surface area contributed by atoms with Crippen molar-refractivity contribution in [1.82, 2.24) is 0 Å². The first-order valence-electron chi connectivity index (χ1n) is 4.60.